The molecule has 1 unspecified atom stereocenters. The van der Waals surface area contributed by atoms with Gasteiger partial charge in [-0.25, -0.2) is 4.68 Å². The van der Waals surface area contributed by atoms with Crippen LogP contribution in [0.1, 0.15) is 16.5 Å². The molecule has 28 heavy (non-hydrogen) atoms. The molecule has 1 amide bonds. The molecule has 0 saturated carbocycles. The normalized spacial score (nSPS) is 11.7. The molecule has 1 N–H and O–H groups in total. The summed E-state index contributed by atoms with van der Waals surface area (Å²) in [4.78, 5) is 13.6. The Kier molecular flexibility index (Phi) is 5.39. The van der Waals surface area contributed by atoms with Gasteiger partial charge in [-0.2, -0.15) is 0 Å². The van der Waals surface area contributed by atoms with E-state index in [0.29, 0.717) is 5.75 Å². The molecule has 0 saturated heterocycles. The molecule has 0 aliphatic rings. The molecule has 0 fully saturated rings. The molecular weight excluding hydrogens is 374 g/mol. The summed E-state index contributed by atoms with van der Waals surface area (Å²) in [6, 6.07) is 20.9. The fourth-order valence-corrected chi connectivity index (χ4v) is 3.55. The number of tetrazole rings is 1. The van der Waals surface area contributed by atoms with Crippen LogP contribution in [-0.4, -0.2) is 32.7 Å². The van der Waals surface area contributed by atoms with Crippen molar-refractivity contribution < 1.29 is 9.53 Å². The Morgan fingerprint density at radius 3 is 2.57 bits per heavy atom. The van der Waals surface area contributed by atoms with E-state index in [9.17, 15) is 4.79 Å². The number of rotatable bonds is 7. The predicted octanol–water partition coefficient (Wildman–Crippen LogP) is 3.01. The van der Waals surface area contributed by atoms with Gasteiger partial charge in [-0.1, -0.05) is 36.4 Å². The first-order valence-corrected chi connectivity index (χ1v) is 9.51. The van der Waals surface area contributed by atoms with Gasteiger partial charge in [0.1, 0.15) is 12.1 Å². The number of carbonyl (C=O) groups excluding carboxylic acids is 1. The Balaban J connectivity index is 1.39. The Labute approximate surface area is 165 Å². The first kappa shape index (κ1) is 17.9. The van der Waals surface area contributed by atoms with Crippen molar-refractivity contribution in [2.75, 3.05) is 6.61 Å². The minimum absolute atomic E-state index is 0.0705. The molecule has 0 bridgehead atoms. The highest BCUT2D eigenvalue weighted by Gasteiger charge is 2.18. The molecule has 0 aliphatic heterocycles. The van der Waals surface area contributed by atoms with E-state index in [4.69, 9.17) is 4.74 Å². The molecule has 0 radical (unpaired) electrons. The van der Waals surface area contributed by atoms with Gasteiger partial charge in [0.2, 0.25) is 0 Å². The molecule has 2 heterocycles. The first-order chi connectivity index (χ1) is 13.8. The summed E-state index contributed by atoms with van der Waals surface area (Å²) in [5.41, 5.74) is 1.84. The van der Waals surface area contributed by atoms with E-state index in [2.05, 4.69) is 20.8 Å². The zero-order valence-corrected chi connectivity index (χ0v) is 15.6. The fourth-order valence-electron chi connectivity index (χ4n) is 2.75. The van der Waals surface area contributed by atoms with Crippen LogP contribution in [0.4, 0.5) is 0 Å². The van der Waals surface area contributed by atoms with Crippen LogP contribution in [-0.2, 0) is 4.79 Å². The summed E-state index contributed by atoms with van der Waals surface area (Å²) in [7, 11) is 0. The molecule has 7 nitrogen and oxygen atoms in total. The number of hydrogen-bond donors (Lipinski definition) is 1. The molecule has 4 aromatic rings. The predicted molar refractivity (Wildman–Crippen MR) is 105 cm³/mol. The second-order valence-corrected chi connectivity index (χ2v) is 6.94. The van der Waals surface area contributed by atoms with Gasteiger partial charge in [-0.3, -0.25) is 4.79 Å². The third-order valence-corrected chi connectivity index (χ3v) is 5.02. The van der Waals surface area contributed by atoms with Crippen LogP contribution < -0.4 is 10.1 Å². The average Bonchev–Trinajstić information content (AvgIpc) is 3.46. The zero-order valence-electron chi connectivity index (χ0n) is 14.8. The summed E-state index contributed by atoms with van der Waals surface area (Å²) in [6.07, 6.45) is 1.51. The molecular formula is C20H17N5O2S. The largest absolute Gasteiger partial charge is 0.484 e. The number of aromatic nitrogens is 4. The number of nitrogens with zero attached hydrogens (tertiary/aromatic N) is 4. The number of ether oxygens (including phenoxy) is 1. The lowest BCUT2D eigenvalue weighted by Gasteiger charge is -2.18. The van der Waals surface area contributed by atoms with Crippen LogP contribution in [0.3, 0.4) is 0 Å². The van der Waals surface area contributed by atoms with Crippen molar-refractivity contribution in [1.82, 2.24) is 25.5 Å². The third kappa shape index (κ3) is 4.24. The maximum absolute atomic E-state index is 12.5. The van der Waals surface area contributed by atoms with Gasteiger partial charge in [-0.05, 0) is 51.7 Å². The number of amides is 1. The highest BCUT2D eigenvalue weighted by atomic mass is 32.1. The molecule has 0 aliphatic carbocycles. The van der Waals surface area contributed by atoms with Gasteiger partial charge in [-0.15, -0.1) is 16.4 Å². The third-order valence-electron chi connectivity index (χ3n) is 4.09. The molecule has 140 valence electrons. The van der Waals surface area contributed by atoms with Gasteiger partial charge in [0, 0.05) is 4.88 Å². The number of thiophene rings is 1. The zero-order chi connectivity index (χ0) is 19.2. The molecule has 1 atom stereocenters. The summed E-state index contributed by atoms with van der Waals surface area (Å²) in [5.74, 6) is 0.408. The maximum Gasteiger partial charge on any atom is 0.258 e. The lowest BCUT2D eigenvalue weighted by atomic mass is 10.1. The van der Waals surface area contributed by atoms with Gasteiger partial charge in [0.25, 0.3) is 5.91 Å². The van der Waals surface area contributed by atoms with E-state index < -0.39 is 0 Å². The lowest BCUT2D eigenvalue weighted by molar-refractivity contribution is -0.123. The van der Waals surface area contributed by atoms with Gasteiger partial charge in [0.15, 0.2) is 6.61 Å². The minimum Gasteiger partial charge on any atom is -0.484 e. The SMILES string of the molecule is O=C(COc1ccc(-n2cnnn2)cc1)NC(c1ccccc1)c1cccs1. The van der Waals surface area contributed by atoms with Gasteiger partial charge in [0.05, 0.1) is 11.7 Å². The summed E-state index contributed by atoms with van der Waals surface area (Å²) in [6.45, 7) is -0.0705. The van der Waals surface area contributed by atoms with E-state index in [1.165, 1.54) is 6.33 Å². The highest BCUT2D eigenvalue weighted by Crippen LogP contribution is 2.25. The van der Waals surface area contributed by atoms with Crippen LogP contribution in [0, 0.1) is 0 Å². The minimum atomic E-state index is -0.195. The van der Waals surface area contributed by atoms with E-state index in [1.54, 1.807) is 28.2 Å². The van der Waals surface area contributed by atoms with Crippen molar-refractivity contribution in [2.45, 2.75) is 6.04 Å². The number of nitrogens with one attached hydrogen (secondary N) is 1. The first-order valence-electron chi connectivity index (χ1n) is 8.63. The summed E-state index contributed by atoms with van der Waals surface area (Å²) < 4.78 is 7.17. The van der Waals surface area contributed by atoms with Crippen molar-refractivity contribution in [3.63, 3.8) is 0 Å². The van der Waals surface area contributed by atoms with Crippen molar-refractivity contribution >= 4 is 17.2 Å². The van der Waals surface area contributed by atoms with Crippen LogP contribution in [0.2, 0.25) is 0 Å². The van der Waals surface area contributed by atoms with E-state index in [1.807, 2.05) is 60.0 Å². The monoisotopic (exact) mass is 391 g/mol. The number of carbonyl (C=O) groups is 1. The fraction of sp³-hybridized carbons (Fsp3) is 0.100. The number of benzene rings is 2. The van der Waals surface area contributed by atoms with Crippen molar-refractivity contribution in [2.24, 2.45) is 0 Å². The molecule has 0 spiro atoms. The molecule has 4 rings (SSSR count). The Hall–Kier alpha value is -3.52. The average molecular weight is 391 g/mol. The molecule has 2 aromatic heterocycles. The van der Waals surface area contributed by atoms with Crippen molar-refractivity contribution in [3.05, 3.63) is 88.9 Å². The second-order valence-electron chi connectivity index (χ2n) is 5.96. The molecule has 2 aromatic carbocycles. The van der Waals surface area contributed by atoms with Crippen LogP contribution >= 0.6 is 11.3 Å². The van der Waals surface area contributed by atoms with Crippen LogP contribution in [0.25, 0.3) is 5.69 Å². The van der Waals surface area contributed by atoms with E-state index in [0.717, 1.165) is 16.1 Å². The Morgan fingerprint density at radius 1 is 1.07 bits per heavy atom. The van der Waals surface area contributed by atoms with Crippen molar-refractivity contribution in [3.8, 4) is 11.4 Å². The smallest absolute Gasteiger partial charge is 0.258 e. The molecule has 8 heteroatoms. The second kappa shape index (κ2) is 8.45. The standard InChI is InChI=1S/C20H17N5O2S/c26-19(13-27-17-10-8-16(9-11-17)25-14-21-23-24-25)22-20(18-7-4-12-28-18)15-5-2-1-3-6-15/h1-12,14,20H,13H2,(H,22,26). The van der Waals surface area contributed by atoms with Crippen molar-refractivity contribution in [1.29, 1.82) is 0 Å². The summed E-state index contributed by atoms with van der Waals surface area (Å²) >= 11 is 1.61. The van der Waals surface area contributed by atoms with E-state index >= 15 is 0 Å². The topological polar surface area (TPSA) is 81.9 Å². The van der Waals surface area contributed by atoms with E-state index in [-0.39, 0.29) is 18.6 Å². The maximum atomic E-state index is 12.5. The lowest BCUT2D eigenvalue weighted by Crippen LogP contribution is -2.32. The highest BCUT2D eigenvalue weighted by molar-refractivity contribution is 7.10. The number of hydrogen-bond acceptors (Lipinski definition) is 6. The van der Waals surface area contributed by atoms with Gasteiger partial charge < -0.3 is 10.1 Å². The summed E-state index contributed by atoms with van der Waals surface area (Å²) in [5, 5.41) is 16.1. The Bertz CT molecular complexity index is 1000. The van der Waals surface area contributed by atoms with Gasteiger partial charge >= 0.3 is 0 Å². The Morgan fingerprint density at radius 2 is 1.89 bits per heavy atom. The quantitative estimate of drug-likeness (QED) is 0.524. The van der Waals surface area contributed by atoms with Crippen LogP contribution in [0.15, 0.2) is 78.4 Å². The van der Waals surface area contributed by atoms with Crippen LogP contribution in [0.5, 0.6) is 5.75 Å².